The maximum atomic E-state index is 12.5. The van der Waals surface area contributed by atoms with Gasteiger partial charge in [-0.3, -0.25) is 4.79 Å². The molecule has 0 aliphatic heterocycles. The second-order valence-corrected chi connectivity index (χ2v) is 6.32. The molecule has 7 heteroatoms. The van der Waals surface area contributed by atoms with Crippen molar-refractivity contribution in [1.82, 2.24) is 9.97 Å². The Morgan fingerprint density at radius 2 is 1.68 bits per heavy atom. The molecule has 1 heterocycles. The number of hydrogen-bond acceptors (Lipinski definition) is 6. The first-order valence-electron chi connectivity index (χ1n) is 8.62. The topological polar surface area (TPSA) is 93.2 Å². The number of carbonyl (C=O) groups is 2. The molecule has 2 aromatic carbocycles. The molecule has 0 spiro atoms. The van der Waals surface area contributed by atoms with E-state index in [1.807, 2.05) is 32.0 Å². The Morgan fingerprint density at radius 1 is 0.929 bits per heavy atom. The number of aryl methyl sites for hydroxylation is 2. The molecule has 0 unspecified atom stereocenters. The molecule has 3 aromatic rings. The Labute approximate surface area is 162 Å². The highest BCUT2D eigenvalue weighted by Crippen LogP contribution is 2.18. The third-order valence-electron chi connectivity index (χ3n) is 3.94. The van der Waals surface area contributed by atoms with Gasteiger partial charge in [-0.05, 0) is 55.3 Å². The predicted molar refractivity (Wildman–Crippen MR) is 107 cm³/mol. The van der Waals surface area contributed by atoms with Gasteiger partial charge in [0.1, 0.15) is 17.8 Å². The number of aromatic nitrogens is 2. The van der Waals surface area contributed by atoms with Gasteiger partial charge in [0.25, 0.3) is 5.91 Å². The van der Waals surface area contributed by atoms with Crippen LogP contribution in [0.25, 0.3) is 0 Å². The van der Waals surface area contributed by atoms with Crippen LogP contribution >= 0.6 is 0 Å². The van der Waals surface area contributed by atoms with Crippen LogP contribution in [0.2, 0.25) is 0 Å². The van der Waals surface area contributed by atoms with Gasteiger partial charge in [0, 0.05) is 17.4 Å². The maximum absolute atomic E-state index is 12.5. The van der Waals surface area contributed by atoms with Crippen LogP contribution in [0.3, 0.4) is 0 Å². The summed E-state index contributed by atoms with van der Waals surface area (Å²) in [6.45, 7) is 3.94. The molecule has 1 aromatic heterocycles. The van der Waals surface area contributed by atoms with Gasteiger partial charge in [-0.25, -0.2) is 14.8 Å². The van der Waals surface area contributed by atoms with Crippen molar-refractivity contribution in [3.63, 3.8) is 0 Å². The molecule has 0 saturated carbocycles. The lowest BCUT2D eigenvalue weighted by molar-refractivity contribution is 0.0600. The van der Waals surface area contributed by atoms with Crippen molar-refractivity contribution < 1.29 is 14.3 Å². The van der Waals surface area contributed by atoms with E-state index in [1.54, 1.807) is 30.3 Å². The fraction of sp³-hybridized carbons (Fsp3) is 0.143. The number of nitrogens with one attached hydrogen (secondary N) is 2. The lowest BCUT2D eigenvalue weighted by Crippen LogP contribution is -2.14. The van der Waals surface area contributed by atoms with E-state index < -0.39 is 5.97 Å². The molecule has 0 saturated heterocycles. The molecule has 0 bridgehead atoms. The largest absolute Gasteiger partial charge is 0.465 e. The molecule has 0 radical (unpaired) electrons. The molecular weight excluding hydrogens is 356 g/mol. The SMILES string of the molecule is COC(=O)c1cccc(Nc2cc(C(=O)Nc3cc(C)cc(C)c3)ncn2)c1. The first-order chi connectivity index (χ1) is 13.4. The number of ether oxygens (including phenoxy) is 1. The Kier molecular flexibility index (Phi) is 5.64. The minimum absolute atomic E-state index is 0.223. The van der Waals surface area contributed by atoms with E-state index in [0.29, 0.717) is 22.8 Å². The Hall–Kier alpha value is -3.74. The van der Waals surface area contributed by atoms with Gasteiger partial charge in [-0.1, -0.05) is 12.1 Å². The minimum Gasteiger partial charge on any atom is -0.465 e. The number of benzene rings is 2. The highest BCUT2D eigenvalue weighted by Gasteiger charge is 2.11. The predicted octanol–water partition coefficient (Wildman–Crippen LogP) is 3.88. The van der Waals surface area contributed by atoms with Crippen LogP contribution in [-0.2, 0) is 4.74 Å². The van der Waals surface area contributed by atoms with Crippen LogP contribution in [0, 0.1) is 13.8 Å². The second-order valence-electron chi connectivity index (χ2n) is 6.32. The summed E-state index contributed by atoms with van der Waals surface area (Å²) in [5, 5.41) is 5.91. The first kappa shape index (κ1) is 19.0. The Bertz CT molecular complexity index is 1010. The van der Waals surface area contributed by atoms with Crippen LogP contribution in [0.5, 0.6) is 0 Å². The number of amides is 1. The fourth-order valence-electron chi connectivity index (χ4n) is 2.78. The van der Waals surface area contributed by atoms with Crippen LogP contribution in [-0.4, -0.2) is 29.0 Å². The second kappa shape index (κ2) is 8.30. The van der Waals surface area contributed by atoms with Crippen molar-refractivity contribution in [2.24, 2.45) is 0 Å². The molecule has 0 fully saturated rings. The summed E-state index contributed by atoms with van der Waals surface area (Å²) >= 11 is 0. The quantitative estimate of drug-likeness (QED) is 0.657. The molecule has 2 N–H and O–H groups in total. The minimum atomic E-state index is -0.431. The van der Waals surface area contributed by atoms with E-state index in [-0.39, 0.29) is 11.6 Å². The molecular formula is C21H20N4O3. The Morgan fingerprint density at radius 3 is 2.39 bits per heavy atom. The van der Waals surface area contributed by atoms with Crippen LogP contribution < -0.4 is 10.6 Å². The lowest BCUT2D eigenvalue weighted by Gasteiger charge is -2.09. The maximum Gasteiger partial charge on any atom is 0.337 e. The van der Waals surface area contributed by atoms with Crippen molar-refractivity contribution in [1.29, 1.82) is 0 Å². The average Bonchev–Trinajstić information content (AvgIpc) is 2.67. The summed E-state index contributed by atoms with van der Waals surface area (Å²) in [5.74, 6) is -0.332. The van der Waals surface area contributed by atoms with E-state index in [2.05, 4.69) is 20.6 Å². The summed E-state index contributed by atoms with van der Waals surface area (Å²) < 4.78 is 4.72. The smallest absolute Gasteiger partial charge is 0.337 e. The van der Waals surface area contributed by atoms with Gasteiger partial charge >= 0.3 is 5.97 Å². The zero-order valence-corrected chi connectivity index (χ0v) is 15.8. The summed E-state index contributed by atoms with van der Waals surface area (Å²) in [5.41, 5.74) is 4.11. The van der Waals surface area contributed by atoms with Gasteiger partial charge in [-0.2, -0.15) is 0 Å². The Balaban J connectivity index is 1.76. The van der Waals surface area contributed by atoms with E-state index in [9.17, 15) is 9.59 Å². The number of esters is 1. The van der Waals surface area contributed by atoms with Crippen molar-refractivity contribution in [2.45, 2.75) is 13.8 Å². The summed E-state index contributed by atoms with van der Waals surface area (Å²) in [7, 11) is 1.33. The molecule has 1 amide bonds. The van der Waals surface area contributed by atoms with Gasteiger partial charge in [0.05, 0.1) is 12.7 Å². The van der Waals surface area contributed by atoms with E-state index in [0.717, 1.165) is 11.1 Å². The molecule has 0 atom stereocenters. The zero-order valence-electron chi connectivity index (χ0n) is 15.8. The molecule has 28 heavy (non-hydrogen) atoms. The lowest BCUT2D eigenvalue weighted by atomic mass is 10.1. The molecule has 142 valence electrons. The van der Waals surface area contributed by atoms with Gasteiger partial charge < -0.3 is 15.4 Å². The number of rotatable bonds is 5. The van der Waals surface area contributed by atoms with E-state index in [1.165, 1.54) is 13.4 Å². The molecule has 0 aliphatic rings. The number of methoxy groups -OCH3 is 1. The van der Waals surface area contributed by atoms with Crippen LogP contribution in [0.4, 0.5) is 17.2 Å². The number of anilines is 3. The molecule has 0 aliphatic carbocycles. The number of nitrogens with zero attached hydrogens (tertiary/aromatic N) is 2. The first-order valence-corrected chi connectivity index (χ1v) is 8.62. The highest BCUT2D eigenvalue weighted by atomic mass is 16.5. The number of carbonyl (C=O) groups excluding carboxylic acids is 2. The highest BCUT2D eigenvalue weighted by molar-refractivity contribution is 6.03. The molecule has 3 rings (SSSR count). The van der Waals surface area contributed by atoms with Gasteiger partial charge in [0.2, 0.25) is 0 Å². The third kappa shape index (κ3) is 4.70. The molecule has 7 nitrogen and oxygen atoms in total. The van der Waals surface area contributed by atoms with Gasteiger partial charge in [-0.15, -0.1) is 0 Å². The standard InChI is InChI=1S/C21H20N4O3/c1-13-7-14(2)9-17(8-13)25-20(26)18-11-19(23-12-22-18)24-16-6-4-5-15(10-16)21(27)28-3/h4-12H,1-3H3,(H,25,26)(H,22,23,24). The van der Waals surface area contributed by atoms with Crippen LogP contribution in [0.1, 0.15) is 32.0 Å². The monoisotopic (exact) mass is 376 g/mol. The summed E-state index contributed by atoms with van der Waals surface area (Å²) in [6.07, 6.45) is 1.31. The third-order valence-corrected chi connectivity index (χ3v) is 3.94. The normalized spacial score (nSPS) is 10.2. The summed E-state index contributed by atoms with van der Waals surface area (Å²) in [6, 6.07) is 14.2. The van der Waals surface area contributed by atoms with Gasteiger partial charge in [0.15, 0.2) is 0 Å². The summed E-state index contributed by atoms with van der Waals surface area (Å²) in [4.78, 5) is 32.4. The van der Waals surface area contributed by atoms with Crippen LogP contribution in [0.15, 0.2) is 54.9 Å². The number of hydrogen-bond donors (Lipinski definition) is 2. The van der Waals surface area contributed by atoms with Crippen molar-refractivity contribution in [3.05, 3.63) is 77.2 Å². The fourth-order valence-corrected chi connectivity index (χ4v) is 2.78. The van der Waals surface area contributed by atoms with Crippen molar-refractivity contribution in [3.8, 4) is 0 Å². The zero-order chi connectivity index (χ0) is 20.1. The average molecular weight is 376 g/mol. The van der Waals surface area contributed by atoms with E-state index in [4.69, 9.17) is 4.74 Å². The van der Waals surface area contributed by atoms with E-state index >= 15 is 0 Å². The van der Waals surface area contributed by atoms with Crippen molar-refractivity contribution in [2.75, 3.05) is 17.7 Å². The van der Waals surface area contributed by atoms with Crippen molar-refractivity contribution >= 4 is 29.1 Å².